The summed E-state index contributed by atoms with van der Waals surface area (Å²) in [4.78, 5) is 0. The second kappa shape index (κ2) is 3.20. The number of nitriles is 1. The van der Waals surface area contributed by atoms with Gasteiger partial charge in [0.1, 0.15) is 5.82 Å². The average molecular weight is 145 g/mol. The summed E-state index contributed by atoms with van der Waals surface area (Å²) in [6.07, 6.45) is 0.0650. The van der Waals surface area contributed by atoms with Gasteiger partial charge in [-0.05, 0) is 17.7 Å². The van der Waals surface area contributed by atoms with Gasteiger partial charge >= 0.3 is 0 Å². The summed E-state index contributed by atoms with van der Waals surface area (Å²) in [5.41, 5.74) is 0.600. The van der Waals surface area contributed by atoms with E-state index in [1.54, 1.807) is 6.07 Å². The van der Waals surface area contributed by atoms with Crippen molar-refractivity contribution in [3.05, 3.63) is 35.1 Å². The molecule has 0 aromatic heterocycles. The highest BCUT2D eigenvalue weighted by Gasteiger charge is 2.03. The van der Waals surface area contributed by atoms with Crippen molar-refractivity contribution in [2.24, 2.45) is 0 Å². The van der Waals surface area contributed by atoms with Crippen molar-refractivity contribution in [1.29, 1.82) is 5.26 Å². The van der Waals surface area contributed by atoms with Crippen LogP contribution in [-0.2, 0) is 6.32 Å². The normalized spacial score (nSPS) is 9.09. The van der Waals surface area contributed by atoms with E-state index in [0.717, 1.165) is 0 Å². The Hall–Kier alpha value is -1.30. The molecule has 0 fully saturated rings. The smallest absolute Gasteiger partial charge is 0.126 e. The van der Waals surface area contributed by atoms with Crippen LogP contribution < -0.4 is 0 Å². The zero-order valence-electron chi connectivity index (χ0n) is 5.84. The van der Waals surface area contributed by atoms with Crippen LogP contribution in [0.25, 0.3) is 0 Å². The highest BCUT2D eigenvalue weighted by Crippen LogP contribution is 2.11. The molecule has 1 rings (SSSR count). The maximum Gasteiger partial charge on any atom is 0.126 e. The fourth-order valence-electron chi connectivity index (χ4n) is 0.871. The predicted octanol–water partition coefficient (Wildman–Crippen LogP) is 1.37. The molecular formula is C8H5BFN. The third-order valence-corrected chi connectivity index (χ3v) is 1.44. The highest BCUT2D eigenvalue weighted by atomic mass is 19.1. The van der Waals surface area contributed by atoms with Crippen molar-refractivity contribution in [2.75, 3.05) is 0 Å². The van der Waals surface area contributed by atoms with Crippen molar-refractivity contribution in [2.45, 2.75) is 6.32 Å². The molecule has 52 valence electrons. The average Bonchev–Trinajstić information content (AvgIpc) is 2.04. The molecule has 0 bridgehead atoms. The fourth-order valence-corrected chi connectivity index (χ4v) is 0.871. The molecule has 0 heterocycles. The molecule has 0 aliphatic heterocycles. The lowest BCUT2D eigenvalue weighted by Crippen LogP contribution is -1.94. The number of halogens is 1. The van der Waals surface area contributed by atoms with Gasteiger partial charge in [0.2, 0.25) is 0 Å². The molecule has 0 aliphatic carbocycles. The number of nitrogens with zero attached hydrogens (tertiary/aromatic N) is 1. The zero-order chi connectivity index (χ0) is 8.27. The lowest BCUT2D eigenvalue weighted by Gasteiger charge is -1.99. The molecule has 0 amide bonds. The Balaban J connectivity index is 3.27. The molecule has 0 saturated carbocycles. The van der Waals surface area contributed by atoms with Crippen molar-refractivity contribution in [3.8, 4) is 6.07 Å². The summed E-state index contributed by atoms with van der Waals surface area (Å²) >= 11 is 0. The van der Waals surface area contributed by atoms with Crippen LogP contribution in [0.4, 0.5) is 4.39 Å². The molecule has 3 heteroatoms. The molecule has 1 nitrogen and oxygen atoms in total. The minimum atomic E-state index is -0.411. The van der Waals surface area contributed by atoms with Gasteiger partial charge in [-0.2, -0.15) is 5.26 Å². The Morgan fingerprint density at radius 1 is 1.55 bits per heavy atom. The Bertz CT molecular complexity index is 303. The van der Waals surface area contributed by atoms with Gasteiger partial charge in [-0.3, -0.25) is 0 Å². The van der Waals surface area contributed by atoms with E-state index in [9.17, 15) is 4.39 Å². The summed E-state index contributed by atoms with van der Waals surface area (Å²) in [5.74, 6) is -0.411. The van der Waals surface area contributed by atoms with E-state index < -0.39 is 5.82 Å². The lowest BCUT2D eigenvalue weighted by molar-refractivity contribution is 0.616. The van der Waals surface area contributed by atoms with E-state index in [4.69, 9.17) is 13.1 Å². The van der Waals surface area contributed by atoms with E-state index in [0.29, 0.717) is 5.56 Å². The fraction of sp³-hybridized carbons (Fsp3) is 0.125. The van der Waals surface area contributed by atoms with Gasteiger partial charge in [0.25, 0.3) is 0 Å². The van der Waals surface area contributed by atoms with E-state index in [1.807, 2.05) is 6.07 Å². The first-order valence-electron chi connectivity index (χ1n) is 3.17. The molecular weight excluding hydrogens is 140 g/mol. The Morgan fingerprint density at radius 3 is 2.73 bits per heavy atom. The molecule has 0 atom stereocenters. The molecule has 0 unspecified atom stereocenters. The standard InChI is InChI=1S/C8H5BFN/c9-4-7-6(5-11)2-1-3-8(7)10/h1-3H,4H2. The van der Waals surface area contributed by atoms with Crippen LogP contribution in [0.1, 0.15) is 11.1 Å². The van der Waals surface area contributed by atoms with Crippen LogP contribution in [0.15, 0.2) is 18.2 Å². The first kappa shape index (κ1) is 7.81. The van der Waals surface area contributed by atoms with Gasteiger partial charge in [-0.1, -0.05) is 12.4 Å². The van der Waals surface area contributed by atoms with Crippen LogP contribution in [0.2, 0.25) is 0 Å². The number of benzene rings is 1. The van der Waals surface area contributed by atoms with Crippen LogP contribution in [0, 0.1) is 17.1 Å². The van der Waals surface area contributed by atoms with Gasteiger partial charge in [0, 0.05) is 0 Å². The van der Waals surface area contributed by atoms with Crippen LogP contribution in [0.3, 0.4) is 0 Å². The predicted molar refractivity (Wildman–Crippen MR) is 40.6 cm³/mol. The summed E-state index contributed by atoms with van der Waals surface area (Å²) in [6.45, 7) is 0. The molecule has 0 aliphatic rings. The van der Waals surface area contributed by atoms with Crippen molar-refractivity contribution < 1.29 is 4.39 Å². The van der Waals surface area contributed by atoms with Crippen molar-refractivity contribution in [1.82, 2.24) is 0 Å². The molecule has 0 saturated heterocycles. The highest BCUT2D eigenvalue weighted by molar-refractivity contribution is 6.08. The van der Waals surface area contributed by atoms with E-state index in [1.165, 1.54) is 12.1 Å². The number of rotatable bonds is 1. The van der Waals surface area contributed by atoms with E-state index >= 15 is 0 Å². The Labute approximate surface area is 65.9 Å². The van der Waals surface area contributed by atoms with Crippen molar-refractivity contribution in [3.63, 3.8) is 0 Å². The number of hydrogen-bond donors (Lipinski definition) is 0. The first-order valence-corrected chi connectivity index (χ1v) is 3.17. The second-order valence-electron chi connectivity index (χ2n) is 2.08. The minimum Gasteiger partial charge on any atom is -0.207 e. The summed E-state index contributed by atoms with van der Waals surface area (Å²) in [6, 6.07) is 6.20. The van der Waals surface area contributed by atoms with Gasteiger partial charge in [0.15, 0.2) is 0 Å². The second-order valence-corrected chi connectivity index (χ2v) is 2.08. The lowest BCUT2D eigenvalue weighted by atomic mass is 9.93. The zero-order valence-corrected chi connectivity index (χ0v) is 5.84. The van der Waals surface area contributed by atoms with Crippen LogP contribution >= 0.6 is 0 Å². The maximum atomic E-state index is 12.8. The summed E-state index contributed by atoms with van der Waals surface area (Å²) in [7, 11) is 5.24. The van der Waals surface area contributed by atoms with E-state index in [2.05, 4.69) is 0 Å². The molecule has 0 spiro atoms. The SMILES string of the molecule is [B]Cc1c(F)cccc1C#N. The third-order valence-electron chi connectivity index (χ3n) is 1.44. The molecule has 1 aromatic rings. The molecule has 2 radical (unpaired) electrons. The van der Waals surface area contributed by atoms with Crippen molar-refractivity contribution >= 4 is 7.85 Å². The summed E-state index contributed by atoms with van der Waals surface area (Å²) in [5, 5.41) is 8.50. The summed E-state index contributed by atoms with van der Waals surface area (Å²) < 4.78 is 12.8. The minimum absolute atomic E-state index is 0.0650. The maximum absolute atomic E-state index is 12.8. The molecule has 11 heavy (non-hydrogen) atoms. The van der Waals surface area contributed by atoms with Gasteiger partial charge in [-0.25, -0.2) is 4.39 Å². The third kappa shape index (κ3) is 1.40. The van der Waals surface area contributed by atoms with Gasteiger partial charge < -0.3 is 0 Å². The first-order chi connectivity index (χ1) is 5.29. The van der Waals surface area contributed by atoms with Crippen LogP contribution in [-0.4, -0.2) is 7.85 Å². The number of hydrogen-bond acceptors (Lipinski definition) is 1. The monoisotopic (exact) mass is 145 g/mol. The molecule has 1 aromatic carbocycles. The Morgan fingerprint density at radius 2 is 2.27 bits per heavy atom. The van der Waals surface area contributed by atoms with Gasteiger partial charge in [0.05, 0.1) is 19.5 Å². The topological polar surface area (TPSA) is 23.8 Å². The van der Waals surface area contributed by atoms with Gasteiger partial charge in [-0.15, -0.1) is 0 Å². The largest absolute Gasteiger partial charge is 0.207 e. The Kier molecular flexibility index (Phi) is 2.27. The van der Waals surface area contributed by atoms with E-state index in [-0.39, 0.29) is 11.9 Å². The molecule has 0 N–H and O–H groups in total. The van der Waals surface area contributed by atoms with Crippen LogP contribution in [0.5, 0.6) is 0 Å². The quantitative estimate of drug-likeness (QED) is 0.547.